The lowest BCUT2D eigenvalue weighted by Crippen LogP contribution is -2.22. The molecule has 33 nitrogen and oxygen atoms in total. The first kappa shape index (κ1) is 83.2. The van der Waals surface area contributed by atoms with Gasteiger partial charge in [0.15, 0.2) is 0 Å². The number of nitrogens with zero attached hydrogens (tertiary/aromatic N) is 17. The van der Waals surface area contributed by atoms with Gasteiger partial charge in [-0.25, -0.2) is 15.0 Å². The van der Waals surface area contributed by atoms with Crippen molar-refractivity contribution >= 4 is 109 Å². The van der Waals surface area contributed by atoms with Crippen LogP contribution in [0, 0.1) is 34.6 Å². The van der Waals surface area contributed by atoms with Gasteiger partial charge in [-0.3, -0.25) is 49.5 Å². The van der Waals surface area contributed by atoms with Crippen LogP contribution in [0.25, 0.3) is 165 Å². The maximum absolute atomic E-state index is 12.9. The van der Waals surface area contributed by atoms with Gasteiger partial charge in [0, 0.05) is 176 Å². The smallest absolute Gasteiger partial charge is 0.262 e. The summed E-state index contributed by atoms with van der Waals surface area (Å²) in [6.45, 7) is 15.1. The van der Waals surface area contributed by atoms with Crippen molar-refractivity contribution in [3.05, 3.63) is 245 Å². The summed E-state index contributed by atoms with van der Waals surface area (Å²) >= 11 is 0. The van der Waals surface area contributed by atoms with Crippen molar-refractivity contribution in [3.8, 4) is 56.3 Å². The highest BCUT2D eigenvalue weighted by molar-refractivity contribution is 6.10. The van der Waals surface area contributed by atoms with Crippen molar-refractivity contribution in [1.29, 1.82) is 0 Å². The van der Waals surface area contributed by atoms with E-state index in [1.807, 2.05) is 188 Å². The van der Waals surface area contributed by atoms with Crippen LogP contribution in [0.4, 0.5) is 0 Å². The zero-order chi connectivity index (χ0) is 86.9. The molecule has 15 heterocycles. The third-order valence-corrected chi connectivity index (χ3v) is 22.9. The van der Waals surface area contributed by atoms with Crippen molar-refractivity contribution in [3.63, 3.8) is 0 Å². The van der Waals surface area contributed by atoms with E-state index in [-0.39, 0.29) is 27.8 Å². The lowest BCUT2D eigenvalue weighted by molar-refractivity contribution is 0.654. The first-order chi connectivity index (χ1) is 60.1. The maximum atomic E-state index is 12.9. The standard InChI is InChI=1S/C19H21N5O.3C18H20N6O.C18H19N5O/c1-12-17-18(22-21-12)15-10-13(14-6-9-23(2)11-14)4-5-16(15)24(19(17)25)8-3-7-20;1-11-15-16(22-21-11)13-10-12(17-20-7-9-23(17)2)4-5-14(13)24(18(15)25)8-3-6-19;1-11-16-17(22-21-11)13-8-12(14-9-23(2)10-20-14)4-5-15(13)24(18(16)25)7-3-6-19;1-11-16-17(22-21-11)13-8-12(15-9-20-10-23(15)2)4-5-14(13)24(18(16)25)7-3-6-19;1-11-16-17(22-21-11)13-10-12(14-4-2-8-20-14)5-6-15(13)23(18(16)24)9-3-7-19/h4-6,9-11H,3,7-8,20H2,1-2H3,(H,21,22);4-5,7,9-10H,3,6,8,19H2,1-2H3,(H,21,22);2*4-5,8-10H,3,6-7,19H2,1-2H3,(H,21,22);2,4-6,8,10,20H,3,7,9,19H2,1H3,(H,21,22). The summed E-state index contributed by atoms with van der Waals surface area (Å²) in [5.41, 5.74) is 49.4. The van der Waals surface area contributed by atoms with Crippen molar-refractivity contribution in [2.24, 2.45) is 56.9 Å². The van der Waals surface area contributed by atoms with Crippen LogP contribution in [0.5, 0.6) is 0 Å². The Hall–Kier alpha value is -14.5. The van der Waals surface area contributed by atoms with Crippen LogP contribution in [0.2, 0.25) is 0 Å². The summed E-state index contributed by atoms with van der Waals surface area (Å²) < 4.78 is 16.9. The minimum atomic E-state index is -0.0214. The van der Waals surface area contributed by atoms with Crippen molar-refractivity contribution in [1.82, 2.24) is 112 Å². The topological polar surface area (TPSA) is 458 Å². The largest absolute Gasteiger partial charge is 0.361 e. The number of hydrogen-bond donors (Lipinski definition) is 11. The molecule has 0 bridgehead atoms. The van der Waals surface area contributed by atoms with Crippen LogP contribution in [0.1, 0.15) is 60.6 Å². The zero-order valence-corrected chi connectivity index (χ0v) is 70.7. The fourth-order valence-electron chi connectivity index (χ4n) is 16.6. The van der Waals surface area contributed by atoms with E-state index in [4.69, 9.17) is 28.7 Å². The number of aryl methyl sites for hydroxylation is 14. The Morgan fingerprint density at radius 1 is 0.355 bits per heavy atom. The van der Waals surface area contributed by atoms with Gasteiger partial charge in [-0.1, -0.05) is 24.3 Å². The summed E-state index contributed by atoms with van der Waals surface area (Å²) in [5, 5.41) is 44.7. The van der Waals surface area contributed by atoms with Gasteiger partial charge in [-0.2, -0.15) is 25.5 Å². The van der Waals surface area contributed by atoms with Crippen molar-refractivity contribution in [2.75, 3.05) is 32.7 Å². The molecule has 0 saturated carbocycles. The number of imidazole rings is 3. The molecule has 0 amide bonds. The summed E-state index contributed by atoms with van der Waals surface area (Å²) in [4.78, 5) is 80.9. The van der Waals surface area contributed by atoms with Gasteiger partial charge in [0.05, 0.1) is 84.8 Å². The molecule has 0 aliphatic rings. The molecule has 0 radical (unpaired) electrons. The molecule has 0 unspecified atom stereocenters. The number of hydrogen-bond acceptors (Lipinski definition) is 18. The van der Waals surface area contributed by atoms with E-state index in [0.29, 0.717) is 109 Å². The molecule has 634 valence electrons. The second-order valence-corrected chi connectivity index (χ2v) is 31.3. The van der Waals surface area contributed by atoms with Crippen LogP contribution in [-0.2, 0) is 60.9 Å². The van der Waals surface area contributed by atoms with Crippen LogP contribution in [-0.4, -0.2) is 145 Å². The van der Waals surface area contributed by atoms with Gasteiger partial charge in [0.25, 0.3) is 27.8 Å². The van der Waals surface area contributed by atoms with E-state index in [2.05, 4.69) is 120 Å². The molecule has 0 atom stereocenters. The summed E-state index contributed by atoms with van der Waals surface area (Å²) in [6.07, 6.45) is 20.8. The molecule has 16 N–H and O–H groups in total. The Kier molecular flexibility index (Phi) is 23.7. The summed E-state index contributed by atoms with van der Waals surface area (Å²) in [6, 6.07) is 36.5. The Balaban J connectivity index is 0.000000115. The van der Waals surface area contributed by atoms with E-state index in [0.717, 1.165) is 182 Å². The van der Waals surface area contributed by atoms with Gasteiger partial charge in [0.2, 0.25) is 0 Å². The molecule has 15 aromatic heterocycles. The highest BCUT2D eigenvalue weighted by Crippen LogP contribution is 2.35. The molecule has 33 heteroatoms. The van der Waals surface area contributed by atoms with Gasteiger partial charge in [-0.05, 0) is 201 Å². The average Bonchev–Trinajstić information content (AvgIpc) is 1.55. The minimum absolute atomic E-state index is 0.00494. The van der Waals surface area contributed by atoms with Gasteiger partial charge in [-0.15, -0.1) is 0 Å². The molecule has 0 aliphatic carbocycles. The highest BCUT2D eigenvalue weighted by atomic mass is 16.1. The highest BCUT2D eigenvalue weighted by Gasteiger charge is 2.24. The van der Waals surface area contributed by atoms with Gasteiger partial charge in [0.1, 0.15) is 33.4 Å². The molecular formula is C91H100N28O5. The average molecular weight is 1670 g/mol. The molecule has 0 aliphatic heterocycles. The SMILES string of the molecule is Cc1[nH]nc2c1c(=O)n(CCCN)c1ccc(-c3ccc[nH]3)cc21.Cc1[nH]nc2c1c(=O)n(CCCN)c1ccc(-c3ccn(C)c3)cc21.Cc1[nH]nc2c1c(=O)n(CCCN)c1ccc(-c3cn(C)cn3)cc21.Cc1[nH]nc2c1c(=O)n(CCCN)c1ccc(-c3cncn3C)cc21.Cc1[nH]nc2c1c(=O)n(CCCN)c1ccc(-c3nccn3C)cc21. The van der Waals surface area contributed by atoms with Crippen LogP contribution >= 0.6 is 0 Å². The van der Waals surface area contributed by atoms with Crippen molar-refractivity contribution in [2.45, 2.75) is 99.4 Å². The lowest BCUT2D eigenvalue weighted by atomic mass is 10.0. The normalized spacial score (nSPS) is 11.6. The minimum Gasteiger partial charge on any atom is -0.361 e. The third kappa shape index (κ3) is 15.5. The summed E-state index contributed by atoms with van der Waals surface area (Å²) in [7, 11) is 7.87. The third-order valence-electron chi connectivity index (χ3n) is 22.9. The number of rotatable bonds is 20. The number of nitrogens with one attached hydrogen (secondary N) is 6. The number of benzene rings is 5. The molecule has 20 aromatic rings. The van der Waals surface area contributed by atoms with E-state index in [1.54, 1.807) is 32.6 Å². The first-order valence-corrected chi connectivity index (χ1v) is 41.4. The number of H-pyrrole nitrogens is 6. The molecule has 0 saturated heterocycles. The Labute approximate surface area is 708 Å². The fraction of sp³-hybridized carbons (Fsp3) is 0.264. The second-order valence-electron chi connectivity index (χ2n) is 31.3. The monoisotopic (exact) mass is 1660 g/mol. The number of pyridine rings is 5. The van der Waals surface area contributed by atoms with E-state index in [1.165, 1.54) is 0 Å². The first-order valence-electron chi connectivity index (χ1n) is 41.4. The Morgan fingerprint density at radius 3 is 1.06 bits per heavy atom. The Bertz CT molecular complexity index is 7340. The zero-order valence-electron chi connectivity index (χ0n) is 70.7. The number of aromatic nitrogens is 23. The molecule has 5 aromatic carbocycles. The lowest BCUT2D eigenvalue weighted by Gasteiger charge is -2.12. The van der Waals surface area contributed by atoms with Gasteiger partial charge < -0.3 is 74.8 Å². The number of fused-ring (bicyclic) bond motifs is 15. The van der Waals surface area contributed by atoms with Crippen molar-refractivity contribution < 1.29 is 0 Å². The fourth-order valence-corrected chi connectivity index (χ4v) is 16.6. The van der Waals surface area contributed by atoms with Crippen LogP contribution in [0.3, 0.4) is 0 Å². The second kappa shape index (κ2) is 35.3. The molecular weight excluding hydrogens is 1570 g/mol. The molecule has 0 spiro atoms. The number of aromatic amines is 6. The maximum Gasteiger partial charge on any atom is 0.262 e. The summed E-state index contributed by atoms with van der Waals surface area (Å²) in [5.74, 6) is 0.877. The van der Waals surface area contributed by atoms with E-state index < -0.39 is 0 Å². The number of nitrogens with two attached hydrogens (primary N) is 5. The molecule has 124 heavy (non-hydrogen) atoms. The predicted molar refractivity (Wildman–Crippen MR) is 492 cm³/mol. The Morgan fingerprint density at radius 2 is 0.718 bits per heavy atom. The van der Waals surface area contributed by atoms with E-state index >= 15 is 0 Å². The molecule has 20 rings (SSSR count). The quantitative estimate of drug-likeness (QED) is 0.0338. The van der Waals surface area contributed by atoms with E-state index in [9.17, 15) is 24.0 Å². The van der Waals surface area contributed by atoms with Crippen LogP contribution in [0.15, 0.2) is 189 Å². The van der Waals surface area contributed by atoms with Crippen LogP contribution < -0.4 is 56.5 Å². The van der Waals surface area contributed by atoms with Gasteiger partial charge >= 0.3 is 0 Å². The predicted octanol–water partition coefficient (Wildman–Crippen LogP) is 10.9. The molecule has 0 fully saturated rings.